The molecule has 16 heteroatoms. The maximum atomic E-state index is 14.2. The molecule has 1 saturated carbocycles. The van der Waals surface area contributed by atoms with E-state index in [-0.39, 0.29) is 35.3 Å². The number of nitrogens with two attached hydrogens (primary N) is 1. The number of alkyl halides is 4. The maximum Gasteiger partial charge on any atom is 0.411 e. The fourth-order valence-corrected chi connectivity index (χ4v) is 5.98. The second-order valence-electron chi connectivity index (χ2n) is 13.0. The second-order valence-corrected chi connectivity index (χ2v) is 13.0. The molecule has 2 aromatic carbocycles. The largest absolute Gasteiger partial charge is 0.478 e. The number of carboxylic acid groups (broad SMARTS) is 1. The predicted octanol–water partition coefficient (Wildman–Crippen LogP) is 5.96. The number of aromatic nitrogens is 4. The lowest BCUT2D eigenvalue weighted by atomic mass is 9.81. The van der Waals surface area contributed by atoms with Gasteiger partial charge in [0.15, 0.2) is 5.82 Å². The van der Waals surface area contributed by atoms with Crippen LogP contribution in [0.25, 0.3) is 22.5 Å². The molecule has 5 rings (SSSR count). The van der Waals surface area contributed by atoms with E-state index in [0.717, 1.165) is 42.4 Å². The second kappa shape index (κ2) is 17.0. The highest BCUT2D eigenvalue weighted by atomic mass is 19.3. The van der Waals surface area contributed by atoms with Crippen LogP contribution in [0, 0.1) is 11.8 Å². The van der Waals surface area contributed by atoms with E-state index in [1.807, 2.05) is 30.3 Å². The summed E-state index contributed by atoms with van der Waals surface area (Å²) < 4.78 is 61.4. The number of carboxylic acids is 1. The SMILES string of the molecule is CCCCOc1ccc(-c2cccc(C[C@H](NC(=O)[C@H]3CC[C@H](CN)CC3)C(=O)Nc3ccc(-c4nc(C(F)(F)C(F)(F)C(=O)O)n[nH]4)cc3)c2)cn1. The van der Waals surface area contributed by atoms with Crippen LogP contribution in [0.1, 0.15) is 56.8 Å². The Kier molecular flexibility index (Phi) is 12.4. The highest BCUT2D eigenvalue weighted by Crippen LogP contribution is 2.42. The first-order chi connectivity index (χ1) is 25.3. The van der Waals surface area contributed by atoms with Crippen molar-refractivity contribution in [2.24, 2.45) is 17.6 Å². The minimum Gasteiger partial charge on any atom is -0.478 e. The summed E-state index contributed by atoms with van der Waals surface area (Å²) in [6.07, 6.45) is 6.77. The lowest BCUT2D eigenvalue weighted by Crippen LogP contribution is -2.48. The smallest absolute Gasteiger partial charge is 0.411 e. The lowest BCUT2D eigenvalue weighted by molar-refractivity contribution is -0.231. The quantitative estimate of drug-likeness (QED) is 0.0684. The van der Waals surface area contributed by atoms with Gasteiger partial charge in [-0.05, 0) is 86.0 Å². The number of carbonyl (C=O) groups is 3. The number of halogens is 4. The number of ether oxygens (including phenoxy) is 1. The molecule has 0 unspecified atom stereocenters. The summed E-state index contributed by atoms with van der Waals surface area (Å²) >= 11 is 0. The van der Waals surface area contributed by atoms with Crippen molar-refractivity contribution in [1.29, 1.82) is 0 Å². The number of unbranched alkanes of at least 4 members (excludes halogenated alkanes) is 1. The van der Waals surface area contributed by atoms with Crippen molar-refractivity contribution in [3.8, 4) is 28.4 Å². The number of pyridine rings is 1. The number of hydrogen-bond donors (Lipinski definition) is 5. The molecule has 1 atom stereocenters. The molecule has 1 fully saturated rings. The van der Waals surface area contributed by atoms with Gasteiger partial charge in [-0.15, -0.1) is 0 Å². The van der Waals surface area contributed by atoms with E-state index in [1.165, 1.54) is 24.3 Å². The molecule has 1 aliphatic carbocycles. The summed E-state index contributed by atoms with van der Waals surface area (Å²) in [4.78, 5) is 45.7. The van der Waals surface area contributed by atoms with Crippen LogP contribution in [-0.2, 0) is 26.7 Å². The number of anilines is 1. The lowest BCUT2D eigenvalue weighted by Gasteiger charge is -2.28. The van der Waals surface area contributed by atoms with Crippen LogP contribution in [0.5, 0.6) is 5.88 Å². The third-order valence-electron chi connectivity index (χ3n) is 9.22. The topological polar surface area (TPSA) is 185 Å². The van der Waals surface area contributed by atoms with Crippen LogP contribution in [0.2, 0.25) is 0 Å². The van der Waals surface area contributed by atoms with Crippen molar-refractivity contribution in [3.63, 3.8) is 0 Å². The summed E-state index contributed by atoms with van der Waals surface area (Å²) in [7, 11) is 0. The number of aromatic amines is 1. The molecular formula is C37H41F4N7O5. The zero-order valence-corrected chi connectivity index (χ0v) is 29.0. The molecule has 0 bridgehead atoms. The van der Waals surface area contributed by atoms with Crippen LogP contribution in [0.3, 0.4) is 0 Å². The number of rotatable bonds is 16. The van der Waals surface area contributed by atoms with Crippen LogP contribution >= 0.6 is 0 Å². The zero-order valence-electron chi connectivity index (χ0n) is 29.0. The van der Waals surface area contributed by atoms with E-state index < -0.39 is 35.6 Å². The standard InChI is InChI=1S/C37H41F4N7O5/c1-2-3-17-53-30-16-13-27(21-43-30)26-6-4-5-23(18-26)19-29(45-32(49)25-9-7-22(20-42)8-10-25)33(50)44-28-14-11-24(12-15-28)31-46-34(48-47-31)36(38,39)37(40,41)35(51)52/h4-6,11-16,18,21-22,25,29H,2-3,7-10,17,19-20,42H2,1H3,(H,44,50)(H,45,49)(H,51,52)(H,46,47,48)/t22-,25-,29-/m0/s1. The Hall–Kier alpha value is -5.38. The predicted molar refractivity (Wildman–Crippen MR) is 187 cm³/mol. The third-order valence-corrected chi connectivity index (χ3v) is 9.22. The van der Waals surface area contributed by atoms with Gasteiger partial charge in [0.2, 0.25) is 23.5 Å². The van der Waals surface area contributed by atoms with E-state index in [0.29, 0.717) is 37.8 Å². The molecule has 0 aliphatic heterocycles. The molecule has 2 aromatic heterocycles. The fraction of sp³-hybridized carbons (Fsp3) is 0.405. The first-order valence-electron chi connectivity index (χ1n) is 17.3. The molecule has 282 valence electrons. The normalized spacial score (nSPS) is 16.8. The number of H-pyrrole nitrogens is 1. The number of nitrogens with one attached hydrogen (secondary N) is 3. The first kappa shape index (κ1) is 38.8. The van der Waals surface area contributed by atoms with E-state index in [2.05, 4.69) is 37.7 Å². The van der Waals surface area contributed by atoms with Crippen molar-refractivity contribution >= 4 is 23.5 Å². The number of carbonyl (C=O) groups excluding carboxylic acids is 2. The highest BCUT2D eigenvalue weighted by Gasteiger charge is 2.66. The van der Waals surface area contributed by atoms with Crippen LogP contribution in [0.4, 0.5) is 23.2 Å². The summed E-state index contributed by atoms with van der Waals surface area (Å²) in [5.41, 5.74) is 8.73. The molecule has 2 amide bonds. The minimum atomic E-state index is -5.44. The van der Waals surface area contributed by atoms with Crippen molar-refractivity contribution < 1.29 is 41.8 Å². The van der Waals surface area contributed by atoms with Gasteiger partial charge in [-0.3, -0.25) is 14.7 Å². The average Bonchev–Trinajstić information content (AvgIpc) is 3.67. The number of benzene rings is 2. The minimum absolute atomic E-state index is 0.140. The van der Waals surface area contributed by atoms with Gasteiger partial charge in [0.1, 0.15) is 6.04 Å². The van der Waals surface area contributed by atoms with Crippen molar-refractivity contribution in [2.45, 2.75) is 69.8 Å². The summed E-state index contributed by atoms with van der Waals surface area (Å²) in [6.45, 7) is 3.22. The summed E-state index contributed by atoms with van der Waals surface area (Å²) in [5, 5.41) is 19.5. The van der Waals surface area contributed by atoms with E-state index in [1.54, 1.807) is 12.3 Å². The van der Waals surface area contributed by atoms with Gasteiger partial charge in [0.05, 0.1) is 6.61 Å². The molecule has 0 radical (unpaired) electrons. The number of aliphatic carboxylic acids is 1. The molecule has 53 heavy (non-hydrogen) atoms. The number of amides is 2. The van der Waals surface area contributed by atoms with Gasteiger partial charge in [0, 0.05) is 41.4 Å². The maximum absolute atomic E-state index is 14.2. The Morgan fingerprint density at radius 2 is 1.72 bits per heavy atom. The first-order valence-corrected chi connectivity index (χ1v) is 17.3. The molecular weight excluding hydrogens is 698 g/mol. The number of hydrogen-bond acceptors (Lipinski definition) is 8. The molecule has 1 aliphatic rings. The van der Waals surface area contributed by atoms with Gasteiger partial charge in [-0.2, -0.15) is 22.7 Å². The van der Waals surface area contributed by atoms with Crippen molar-refractivity contribution in [2.75, 3.05) is 18.5 Å². The van der Waals surface area contributed by atoms with Crippen LogP contribution in [-0.4, -0.2) is 68.2 Å². The third kappa shape index (κ3) is 9.35. The Bertz CT molecular complexity index is 1860. The van der Waals surface area contributed by atoms with E-state index >= 15 is 0 Å². The van der Waals surface area contributed by atoms with Crippen LogP contribution in [0.15, 0.2) is 66.9 Å². The molecule has 0 saturated heterocycles. The van der Waals surface area contributed by atoms with E-state index in [4.69, 9.17) is 15.6 Å². The van der Waals surface area contributed by atoms with Gasteiger partial charge in [0.25, 0.3) is 0 Å². The summed E-state index contributed by atoms with van der Waals surface area (Å²) in [5.74, 6) is -15.8. The number of nitrogens with zero attached hydrogens (tertiary/aromatic N) is 3. The van der Waals surface area contributed by atoms with Gasteiger partial charge < -0.3 is 26.2 Å². The highest BCUT2D eigenvalue weighted by molar-refractivity contribution is 5.97. The van der Waals surface area contributed by atoms with Crippen molar-refractivity contribution in [1.82, 2.24) is 25.5 Å². The average molecular weight is 740 g/mol. The van der Waals surface area contributed by atoms with E-state index in [9.17, 15) is 31.9 Å². The summed E-state index contributed by atoms with van der Waals surface area (Å²) in [6, 6.07) is 15.9. The molecule has 0 spiro atoms. The fourth-order valence-electron chi connectivity index (χ4n) is 5.98. The van der Waals surface area contributed by atoms with Crippen LogP contribution < -0.4 is 21.1 Å². The molecule has 6 N–H and O–H groups in total. The molecule has 12 nitrogen and oxygen atoms in total. The van der Waals surface area contributed by atoms with Gasteiger partial charge in [-0.25, -0.2) is 14.8 Å². The van der Waals surface area contributed by atoms with Gasteiger partial charge in [-0.1, -0.05) is 37.6 Å². The van der Waals surface area contributed by atoms with Gasteiger partial charge >= 0.3 is 17.8 Å². The monoisotopic (exact) mass is 739 g/mol. The zero-order chi connectivity index (χ0) is 38.2. The van der Waals surface area contributed by atoms with Crippen molar-refractivity contribution in [3.05, 3.63) is 78.2 Å². The Morgan fingerprint density at radius 1 is 1.00 bits per heavy atom. The Balaban J connectivity index is 1.31. The Labute approximate surface area is 302 Å². The Morgan fingerprint density at radius 3 is 2.36 bits per heavy atom. The molecule has 4 aromatic rings. The molecule has 2 heterocycles.